The zero-order chi connectivity index (χ0) is 14.1. The van der Waals surface area contributed by atoms with Gasteiger partial charge in [-0.3, -0.25) is 5.32 Å². The van der Waals surface area contributed by atoms with Crippen LogP contribution in [0.5, 0.6) is 11.5 Å². The predicted octanol–water partition coefficient (Wildman–Crippen LogP) is 1.89. The number of hydrogen-bond acceptors (Lipinski definition) is 5. The van der Waals surface area contributed by atoms with E-state index in [1.165, 1.54) is 0 Å². The Morgan fingerprint density at radius 1 is 1.32 bits per heavy atom. The van der Waals surface area contributed by atoms with Crippen molar-refractivity contribution in [2.24, 2.45) is 0 Å². The maximum atomic E-state index is 9.20. The van der Waals surface area contributed by atoms with Crippen LogP contribution in [0.4, 0.5) is 0 Å². The van der Waals surface area contributed by atoms with Crippen molar-refractivity contribution in [3.05, 3.63) is 23.8 Å². The molecule has 5 heteroatoms. The predicted molar refractivity (Wildman–Crippen MR) is 72.4 cm³/mol. The summed E-state index contributed by atoms with van der Waals surface area (Å²) < 4.78 is 15.7. The Morgan fingerprint density at radius 3 is 2.68 bits per heavy atom. The van der Waals surface area contributed by atoms with Crippen LogP contribution in [-0.2, 0) is 4.74 Å². The van der Waals surface area contributed by atoms with Crippen molar-refractivity contribution < 1.29 is 14.2 Å². The summed E-state index contributed by atoms with van der Waals surface area (Å²) in [7, 11) is 3.22. The van der Waals surface area contributed by atoms with Gasteiger partial charge in [-0.05, 0) is 24.6 Å². The molecule has 1 aromatic rings. The highest BCUT2D eigenvalue weighted by Gasteiger charge is 2.13. The molecule has 0 saturated carbocycles. The van der Waals surface area contributed by atoms with Crippen LogP contribution < -0.4 is 14.8 Å². The molecule has 1 aromatic carbocycles. The van der Waals surface area contributed by atoms with Gasteiger partial charge < -0.3 is 14.2 Å². The van der Waals surface area contributed by atoms with E-state index in [1.807, 2.05) is 25.1 Å². The summed E-state index contributed by atoms with van der Waals surface area (Å²) in [5.74, 6) is 1.32. The van der Waals surface area contributed by atoms with Crippen LogP contribution in [0.1, 0.15) is 18.5 Å². The number of hydrogen-bond donors (Lipinski definition) is 1. The van der Waals surface area contributed by atoms with E-state index in [2.05, 4.69) is 11.4 Å². The van der Waals surface area contributed by atoms with Gasteiger partial charge in [0.05, 0.1) is 26.4 Å². The molecule has 0 aromatic heterocycles. The molecule has 0 aliphatic rings. The fourth-order valence-corrected chi connectivity index (χ4v) is 1.68. The van der Waals surface area contributed by atoms with Crippen molar-refractivity contribution in [2.75, 3.05) is 34.0 Å². The van der Waals surface area contributed by atoms with E-state index in [0.29, 0.717) is 31.3 Å². The van der Waals surface area contributed by atoms with E-state index < -0.39 is 0 Å². The first-order valence-corrected chi connectivity index (χ1v) is 6.19. The highest BCUT2D eigenvalue weighted by Crippen LogP contribution is 2.30. The van der Waals surface area contributed by atoms with Gasteiger partial charge in [0.2, 0.25) is 0 Å². The third-order valence-electron chi connectivity index (χ3n) is 2.60. The van der Waals surface area contributed by atoms with E-state index in [4.69, 9.17) is 14.2 Å². The highest BCUT2D eigenvalue weighted by atomic mass is 16.5. The molecule has 0 aliphatic heterocycles. The van der Waals surface area contributed by atoms with Gasteiger partial charge in [-0.1, -0.05) is 6.07 Å². The molecule has 0 amide bonds. The maximum absolute atomic E-state index is 9.20. The number of nitriles is 1. The summed E-state index contributed by atoms with van der Waals surface area (Å²) in [6.07, 6.45) is 0. The topological polar surface area (TPSA) is 63.5 Å². The van der Waals surface area contributed by atoms with Crippen LogP contribution in [0.2, 0.25) is 0 Å². The van der Waals surface area contributed by atoms with E-state index in [9.17, 15) is 5.26 Å². The number of ether oxygens (including phenoxy) is 3. The fraction of sp³-hybridized carbons (Fsp3) is 0.500. The second-order valence-corrected chi connectivity index (χ2v) is 3.85. The van der Waals surface area contributed by atoms with Gasteiger partial charge in [-0.25, -0.2) is 0 Å². The first kappa shape index (κ1) is 15.3. The van der Waals surface area contributed by atoms with Crippen LogP contribution >= 0.6 is 0 Å². The number of nitrogens with zero attached hydrogens (tertiary/aromatic N) is 1. The summed E-state index contributed by atoms with van der Waals surface area (Å²) in [5.41, 5.74) is 0.850. The van der Waals surface area contributed by atoms with Gasteiger partial charge >= 0.3 is 0 Å². The lowest BCUT2D eigenvalue weighted by Crippen LogP contribution is -2.24. The Labute approximate surface area is 114 Å². The Bertz CT molecular complexity index is 429. The lowest BCUT2D eigenvalue weighted by Gasteiger charge is -2.15. The van der Waals surface area contributed by atoms with Crippen LogP contribution in [0, 0.1) is 11.3 Å². The highest BCUT2D eigenvalue weighted by molar-refractivity contribution is 5.44. The van der Waals surface area contributed by atoms with Crippen molar-refractivity contribution in [3.8, 4) is 17.6 Å². The lowest BCUT2D eigenvalue weighted by atomic mass is 10.1. The average molecular weight is 264 g/mol. The molecule has 0 heterocycles. The molecule has 0 fully saturated rings. The van der Waals surface area contributed by atoms with Gasteiger partial charge in [0.15, 0.2) is 11.5 Å². The second kappa shape index (κ2) is 8.35. The van der Waals surface area contributed by atoms with Crippen molar-refractivity contribution >= 4 is 0 Å². The summed E-state index contributed by atoms with van der Waals surface area (Å²) in [6, 6.07) is 7.33. The Hall–Kier alpha value is -1.77. The van der Waals surface area contributed by atoms with E-state index >= 15 is 0 Å². The van der Waals surface area contributed by atoms with E-state index in [0.717, 1.165) is 5.56 Å². The first-order chi connectivity index (χ1) is 9.26. The molecule has 0 saturated heterocycles. The number of nitrogens with one attached hydrogen (secondary N) is 1. The summed E-state index contributed by atoms with van der Waals surface area (Å²) in [6.45, 7) is 3.64. The summed E-state index contributed by atoms with van der Waals surface area (Å²) >= 11 is 0. The van der Waals surface area contributed by atoms with Crippen molar-refractivity contribution in [1.82, 2.24) is 5.32 Å². The number of rotatable bonds is 8. The quantitative estimate of drug-likeness (QED) is 0.726. The molecule has 5 nitrogen and oxygen atoms in total. The minimum absolute atomic E-state index is 0.389. The minimum Gasteiger partial charge on any atom is -0.493 e. The first-order valence-electron chi connectivity index (χ1n) is 6.19. The second-order valence-electron chi connectivity index (χ2n) is 3.85. The average Bonchev–Trinajstić information content (AvgIpc) is 2.44. The molecular weight excluding hydrogens is 244 g/mol. The SMILES string of the molecule is CCOc1cc(C(C#N)NCCOC)ccc1OC. The molecular formula is C14H20N2O3. The molecule has 1 atom stereocenters. The van der Waals surface area contributed by atoms with Gasteiger partial charge in [0, 0.05) is 13.7 Å². The van der Waals surface area contributed by atoms with Crippen molar-refractivity contribution in [2.45, 2.75) is 13.0 Å². The molecule has 1 unspecified atom stereocenters. The molecule has 19 heavy (non-hydrogen) atoms. The van der Waals surface area contributed by atoms with Crippen LogP contribution in [0.25, 0.3) is 0 Å². The molecule has 0 bridgehead atoms. The minimum atomic E-state index is -0.389. The van der Waals surface area contributed by atoms with E-state index in [-0.39, 0.29) is 6.04 Å². The number of benzene rings is 1. The Balaban J connectivity index is 2.86. The smallest absolute Gasteiger partial charge is 0.161 e. The van der Waals surface area contributed by atoms with Crippen molar-refractivity contribution in [3.63, 3.8) is 0 Å². The molecule has 1 rings (SSSR count). The van der Waals surface area contributed by atoms with Gasteiger partial charge in [0.1, 0.15) is 6.04 Å². The largest absolute Gasteiger partial charge is 0.493 e. The molecule has 0 spiro atoms. The molecule has 0 radical (unpaired) electrons. The third kappa shape index (κ3) is 4.43. The van der Waals surface area contributed by atoms with Gasteiger partial charge in [0.25, 0.3) is 0 Å². The fourth-order valence-electron chi connectivity index (χ4n) is 1.68. The van der Waals surface area contributed by atoms with Gasteiger partial charge in [-0.15, -0.1) is 0 Å². The zero-order valence-corrected chi connectivity index (χ0v) is 11.6. The summed E-state index contributed by atoms with van der Waals surface area (Å²) in [4.78, 5) is 0. The van der Waals surface area contributed by atoms with Crippen LogP contribution in [0.15, 0.2) is 18.2 Å². The molecule has 0 aliphatic carbocycles. The Kier molecular flexibility index (Phi) is 6.72. The van der Waals surface area contributed by atoms with Gasteiger partial charge in [-0.2, -0.15) is 5.26 Å². The number of methoxy groups -OCH3 is 2. The standard InChI is InChI=1S/C14H20N2O3/c1-4-19-14-9-11(5-6-13(14)18-3)12(10-15)16-7-8-17-2/h5-6,9,12,16H,4,7-8H2,1-3H3. The van der Waals surface area contributed by atoms with E-state index in [1.54, 1.807) is 14.2 Å². The monoisotopic (exact) mass is 264 g/mol. The van der Waals surface area contributed by atoms with Crippen molar-refractivity contribution in [1.29, 1.82) is 5.26 Å². The maximum Gasteiger partial charge on any atom is 0.161 e. The summed E-state index contributed by atoms with van der Waals surface area (Å²) in [5, 5.41) is 12.3. The third-order valence-corrected chi connectivity index (χ3v) is 2.60. The normalized spacial score (nSPS) is 11.7. The zero-order valence-electron chi connectivity index (χ0n) is 11.6. The Morgan fingerprint density at radius 2 is 2.11 bits per heavy atom. The molecule has 104 valence electrons. The molecule has 1 N–H and O–H groups in total. The van der Waals surface area contributed by atoms with Crippen LogP contribution in [-0.4, -0.2) is 34.0 Å². The van der Waals surface area contributed by atoms with Crippen LogP contribution in [0.3, 0.4) is 0 Å². The lowest BCUT2D eigenvalue weighted by molar-refractivity contribution is 0.198.